The van der Waals surface area contributed by atoms with Gasteiger partial charge in [0.25, 0.3) is 0 Å². The molecule has 1 N–H and O–H groups in total. The van der Waals surface area contributed by atoms with Crippen LogP contribution in [0.2, 0.25) is 5.02 Å². The molecule has 0 heterocycles. The minimum absolute atomic E-state index is 0.590. The summed E-state index contributed by atoms with van der Waals surface area (Å²) in [6, 6.07) is 11.0. The molecule has 0 atom stereocenters. The standard InChI is InChI=1S/C10H7BClO2/c12-9-5-6-10(14-11-13)8-4-2-1-3-7(8)9/h1-6,13H. The van der Waals surface area contributed by atoms with Crippen molar-refractivity contribution in [1.82, 2.24) is 0 Å². The fourth-order valence-corrected chi connectivity index (χ4v) is 1.62. The summed E-state index contributed by atoms with van der Waals surface area (Å²) in [5.74, 6) is 0.590. The van der Waals surface area contributed by atoms with Crippen LogP contribution in [0.3, 0.4) is 0 Å². The van der Waals surface area contributed by atoms with Gasteiger partial charge in [-0.15, -0.1) is 0 Å². The molecular formula is C10H7BClO2. The zero-order valence-electron chi connectivity index (χ0n) is 7.27. The first-order valence-corrected chi connectivity index (χ1v) is 4.50. The zero-order chi connectivity index (χ0) is 9.97. The van der Waals surface area contributed by atoms with Gasteiger partial charge in [0.15, 0.2) is 0 Å². The molecule has 0 saturated heterocycles. The van der Waals surface area contributed by atoms with Gasteiger partial charge in [-0.1, -0.05) is 35.9 Å². The van der Waals surface area contributed by atoms with E-state index in [1.54, 1.807) is 12.1 Å². The lowest BCUT2D eigenvalue weighted by molar-refractivity contribution is 0.457. The van der Waals surface area contributed by atoms with Crippen LogP contribution in [0.15, 0.2) is 36.4 Å². The topological polar surface area (TPSA) is 29.5 Å². The monoisotopic (exact) mass is 205 g/mol. The second-order valence-electron chi connectivity index (χ2n) is 2.81. The van der Waals surface area contributed by atoms with Crippen LogP contribution in [0.4, 0.5) is 0 Å². The molecule has 0 bridgehead atoms. The number of hydrogen-bond acceptors (Lipinski definition) is 2. The Labute approximate surface area is 87.4 Å². The molecule has 0 unspecified atom stereocenters. The molecule has 0 aromatic heterocycles. The van der Waals surface area contributed by atoms with Gasteiger partial charge in [0.2, 0.25) is 0 Å². The van der Waals surface area contributed by atoms with E-state index in [0.717, 1.165) is 10.8 Å². The second-order valence-corrected chi connectivity index (χ2v) is 3.22. The number of benzene rings is 2. The quantitative estimate of drug-likeness (QED) is 0.763. The Morgan fingerprint density at radius 3 is 2.50 bits per heavy atom. The highest BCUT2D eigenvalue weighted by molar-refractivity contribution is 6.35. The van der Waals surface area contributed by atoms with Gasteiger partial charge < -0.3 is 9.68 Å². The Hall–Kier alpha value is -1.19. The van der Waals surface area contributed by atoms with E-state index < -0.39 is 0 Å². The van der Waals surface area contributed by atoms with Crippen molar-refractivity contribution in [2.75, 3.05) is 0 Å². The van der Waals surface area contributed by atoms with Crippen molar-refractivity contribution in [2.24, 2.45) is 0 Å². The minimum atomic E-state index is 0.590. The van der Waals surface area contributed by atoms with Gasteiger partial charge in [0.1, 0.15) is 5.75 Å². The Bertz CT molecular complexity index is 459. The molecule has 0 aliphatic heterocycles. The van der Waals surface area contributed by atoms with Crippen LogP contribution in [0.5, 0.6) is 5.75 Å². The molecule has 0 fully saturated rings. The molecule has 2 rings (SSSR count). The third-order valence-corrected chi connectivity index (χ3v) is 2.34. The first-order valence-electron chi connectivity index (χ1n) is 4.13. The first-order chi connectivity index (χ1) is 6.83. The Morgan fingerprint density at radius 2 is 1.79 bits per heavy atom. The van der Waals surface area contributed by atoms with Crippen molar-refractivity contribution in [1.29, 1.82) is 0 Å². The molecule has 14 heavy (non-hydrogen) atoms. The van der Waals surface area contributed by atoms with Gasteiger partial charge in [-0.2, -0.15) is 0 Å². The van der Waals surface area contributed by atoms with Crippen molar-refractivity contribution in [3.05, 3.63) is 41.4 Å². The van der Waals surface area contributed by atoms with E-state index in [1.807, 2.05) is 24.3 Å². The highest BCUT2D eigenvalue weighted by atomic mass is 35.5. The van der Waals surface area contributed by atoms with E-state index >= 15 is 0 Å². The number of halogens is 1. The lowest BCUT2D eigenvalue weighted by Gasteiger charge is -2.07. The van der Waals surface area contributed by atoms with E-state index in [4.69, 9.17) is 21.3 Å². The molecular weight excluding hydrogens is 198 g/mol. The minimum Gasteiger partial charge on any atom is -0.537 e. The number of fused-ring (bicyclic) bond motifs is 1. The maximum absolute atomic E-state index is 8.57. The van der Waals surface area contributed by atoms with Crippen LogP contribution in [-0.2, 0) is 0 Å². The average Bonchev–Trinajstić information content (AvgIpc) is 2.23. The van der Waals surface area contributed by atoms with Crippen LogP contribution in [0, 0.1) is 0 Å². The highest BCUT2D eigenvalue weighted by Crippen LogP contribution is 2.30. The van der Waals surface area contributed by atoms with Crippen molar-refractivity contribution < 1.29 is 9.68 Å². The summed E-state index contributed by atoms with van der Waals surface area (Å²) in [5.41, 5.74) is 0. The first kappa shape index (κ1) is 9.37. The molecule has 0 saturated carbocycles. The molecule has 1 radical (unpaired) electrons. The van der Waals surface area contributed by atoms with Gasteiger partial charge in [-0.05, 0) is 12.1 Å². The number of hydrogen-bond donors (Lipinski definition) is 1. The molecule has 0 aliphatic rings. The second kappa shape index (κ2) is 3.90. The summed E-state index contributed by atoms with van der Waals surface area (Å²) in [6.45, 7) is 0. The molecule has 0 spiro atoms. The normalized spacial score (nSPS) is 10.1. The summed E-state index contributed by atoms with van der Waals surface area (Å²) in [7, 11) is 0.662. The van der Waals surface area contributed by atoms with E-state index in [0.29, 0.717) is 18.5 Å². The third-order valence-electron chi connectivity index (χ3n) is 2.01. The summed E-state index contributed by atoms with van der Waals surface area (Å²) in [4.78, 5) is 0. The van der Waals surface area contributed by atoms with Crippen LogP contribution in [0.25, 0.3) is 10.8 Å². The largest absolute Gasteiger partial charge is 0.569 e. The van der Waals surface area contributed by atoms with Gasteiger partial charge in [0.05, 0.1) is 0 Å². The maximum Gasteiger partial charge on any atom is 0.569 e. The van der Waals surface area contributed by atoms with E-state index in [9.17, 15) is 0 Å². The van der Waals surface area contributed by atoms with E-state index in [1.165, 1.54) is 0 Å². The summed E-state index contributed by atoms with van der Waals surface area (Å²) < 4.78 is 4.95. The molecule has 69 valence electrons. The van der Waals surface area contributed by atoms with Crippen molar-refractivity contribution >= 4 is 30.1 Å². The summed E-state index contributed by atoms with van der Waals surface area (Å²) >= 11 is 6.00. The van der Waals surface area contributed by atoms with E-state index in [-0.39, 0.29) is 0 Å². The molecule has 4 heteroatoms. The Balaban J connectivity index is 2.68. The summed E-state index contributed by atoms with van der Waals surface area (Å²) in [6.07, 6.45) is 0. The van der Waals surface area contributed by atoms with Crippen molar-refractivity contribution in [3.63, 3.8) is 0 Å². The summed E-state index contributed by atoms with van der Waals surface area (Å²) in [5, 5.41) is 11.0. The predicted octanol–water partition coefficient (Wildman–Crippen LogP) is 2.40. The fourth-order valence-electron chi connectivity index (χ4n) is 1.39. The maximum atomic E-state index is 8.57. The smallest absolute Gasteiger partial charge is 0.537 e. The predicted molar refractivity (Wildman–Crippen MR) is 57.6 cm³/mol. The Kier molecular flexibility index (Phi) is 2.61. The van der Waals surface area contributed by atoms with Gasteiger partial charge >= 0.3 is 7.69 Å². The lowest BCUT2D eigenvalue weighted by atomic mass is 10.1. The average molecular weight is 205 g/mol. The van der Waals surface area contributed by atoms with Crippen LogP contribution in [0.1, 0.15) is 0 Å². The number of rotatable bonds is 2. The van der Waals surface area contributed by atoms with Gasteiger partial charge in [-0.25, -0.2) is 0 Å². The van der Waals surface area contributed by atoms with Gasteiger partial charge in [0, 0.05) is 15.8 Å². The third kappa shape index (κ3) is 1.56. The van der Waals surface area contributed by atoms with Crippen molar-refractivity contribution in [3.8, 4) is 5.75 Å². The fraction of sp³-hybridized carbons (Fsp3) is 0. The van der Waals surface area contributed by atoms with Crippen molar-refractivity contribution in [2.45, 2.75) is 0 Å². The molecule has 0 aliphatic carbocycles. The zero-order valence-corrected chi connectivity index (χ0v) is 8.03. The molecule has 2 aromatic carbocycles. The Morgan fingerprint density at radius 1 is 1.07 bits per heavy atom. The molecule has 2 nitrogen and oxygen atoms in total. The van der Waals surface area contributed by atoms with Crippen LogP contribution in [-0.4, -0.2) is 12.7 Å². The van der Waals surface area contributed by atoms with E-state index in [2.05, 4.69) is 0 Å². The van der Waals surface area contributed by atoms with Crippen LogP contribution >= 0.6 is 11.6 Å². The molecule has 0 amide bonds. The highest BCUT2D eigenvalue weighted by Gasteiger charge is 2.04. The van der Waals surface area contributed by atoms with Gasteiger partial charge in [-0.3, -0.25) is 0 Å². The SMILES string of the molecule is O[B]Oc1ccc(Cl)c2ccccc12. The molecule has 2 aromatic rings. The lowest BCUT2D eigenvalue weighted by Crippen LogP contribution is -2.00. The van der Waals surface area contributed by atoms with Crippen LogP contribution < -0.4 is 4.65 Å².